The highest BCUT2D eigenvalue weighted by atomic mass is 16.2. The molecule has 3 nitrogen and oxygen atoms in total. The van der Waals surface area contributed by atoms with Crippen LogP contribution in [0.2, 0.25) is 0 Å². The highest BCUT2D eigenvalue weighted by Gasteiger charge is 2.24. The molecule has 0 aromatic carbocycles. The van der Waals surface area contributed by atoms with Crippen molar-refractivity contribution in [3.63, 3.8) is 0 Å². The Bertz CT molecular complexity index is 204. The lowest BCUT2D eigenvalue weighted by molar-refractivity contribution is -0.123. The average Bonchev–Trinajstić information content (AvgIpc) is 2.65. The van der Waals surface area contributed by atoms with Crippen LogP contribution in [-0.2, 0) is 4.79 Å². The minimum absolute atomic E-state index is 0.0910. The molecule has 1 aliphatic heterocycles. The molecule has 1 atom stereocenters. The van der Waals surface area contributed by atoms with E-state index in [0.29, 0.717) is 6.04 Å². The molecule has 86 valence electrons. The average molecular weight is 210 g/mol. The Labute approximate surface area is 92.0 Å². The van der Waals surface area contributed by atoms with Gasteiger partial charge in [-0.15, -0.1) is 0 Å². The fraction of sp³-hybridized carbons (Fsp3) is 0.917. The van der Waals surface area contributed by atoms with E-state index in [-0.39, 0.29) is 11.9 Å². The van der Waals surface area contributed by atoms with Crippen LogP contribution in [0.4, 0.5) is 0 Å². The summed E-state index contributed by atoms with van der Waals surface area (Å²) in [5.74, 6) is 0.236. The van der Waals surface area contributed by atoms with Gasteiger partial charge in [-0.3, -0.25) is 4.79 Å². The molecule has 1 heterocycles. The first-order valence-electron chi connectivity index (χ1n) is 6.40. The molecule has 0 spiro atoms. The van der Waals surface area contributed by atoms with Crippen LogP contribution in [0.15, 0.2) is 0 Å². The molecule has 1 saturated heterocycles. The number of hydrogen-bond acceptors (Lipinski definition) is 2. The third-order valence-electron chi connectivity index (χ3n) is 3.58. The summed E-state index contributed by atoms with van der Waals surface area (Å²) in [4.78, 5) is 11.9. The molecule has 1 unspecified atom stereocenters. The molecule has 1 aliphatic carbocycles. The first-order valence-corrected chi connectivity index (χ1v) is 6.40. The van der Waals surface area contributed by atoms with Crippen LogP contribution in [-0.4, -0.2) is 24.5 Å². The Balaban J connectivity index is 1.76. The third-order valence-corrected chi connectivity index (χ3v) is 3.58. The smallest absolute Gasteiger partial charge is 0.237 e. The molecule has 0 bridgehead atoms. The zero-order valence-electron chi connectivity index (χ0n) is 9.43. The maximum absolute atomic E-state index is 11.9. The Morgan fingerprint density at radius 2 is 1.73 bits per heavy atom. The number of carbonyl (C=O) groups excluding carboxylic acids is 1. The summed E-state index contributed by atoms with van der Waals surface area (Å²) in [5.41, 5.74) is 0. The van der Waals surface area contributed by atoms with Gasteiger partial charge in [0.15, 0.2) is 0 Å². The Kier molecular flexibility index (Phi) is 4.01. The van der Waals surface area contributed by atoms with Crippen LogP contribution >= 0.6 is 0 Å². The zero-order valence-corrected chi connectivity index (χ0v) is 9.43. The van der Waals surface area contributed by atoms with E-state index in [0.717, 1.165) is 19.4 Å². The molecule has 0 radical (unpaired) electrons. The molecule has 0 aromatic heterocycles. The van der Waals surface area contributed by atoms with Crippen molar-refractivity contribution in [3.8, 4) is 0 Å². The topological polar surface area (TPSA) is 41.1 Å². The number of hydrogen-bond donors (Lipinski definition) is 2. The first kappa shape index (κ1) is 10.9. The van der Waals surface area contributed by atoms with Gasteiger partial charge in [0.25, 0.3) is 0 Å². The van der Waals surface area contributed by atoms with Crippen molar-refractivity contribution < 1.29 is 4.79 Å². The van der Waals surface area contributed by atoms with E-state index >= 15 is 0 Å². The lowest BCUT2D eigenvalue weighted by Crippen LogP contribution is -2.45. The van der Waals surface area contributed by atoms with E-state index in [1.165, 1.54) is 38.5 Å². The van der Waals surface area contributed by atoms with Crippen LogP contribution in [0.3, 0.4) is 0 Å². The van der Waals surface area contributed by atoms with Crippen LogP contribution in [0.25, 0.3) is 0 Å². The molecule has 2 rings (SSSR count). The molecule has 15 heavy (non-hydrogen) atoms. The third kappa shape index (κ3) is 3.20. The Morgan fingerprint density at radius 1 is 1.00 bits per heavy atom. The minimum Gasteiger partial charge on any atom is -0.352 e. The summed E-state index contributed by atoms with van der Waals surface area (Å²) in [6.07, 6.45) is 9.76. The molecular weight excluding hydrogens is 188 g/mol. The summed E-state index contributed by atoms with van der Waals surface area (Å²) in [7, 11) is 0. The number of amides is 1. The van der Waals surface area contributed by atoms with Gasteiger partial charge < -0.3 is 10.6 Å². The van der Waals surface area contributed by atoms with Crippen LogP contribution in [0, 0.1) is 0 Å². The van der Waals surface area contributed by atoms with E-state index in [1.807, 2.05) is 0 Å². The maximum Gasteiger partial charge on any atom is 0.237 e. The van der Waals surface area contributed by atoms with Crippen molar-refractivity contribution in [1.82, 2.24) is 10.6 Å². The quantitative estimate of drug-likeness (QED) is 0.679. The minimum atomic E-state index is 0.0910. The second kappa shape index (κ2) is 5.50. The van der Waals surface area contributed by atoms with Gasteiger partial charge in [0.2, 0.25) is 5.91 Å². The molecule has 2 N–H and O–H groups in total. The predicted molar refractivity (Wildman–Crippen MR) is 60.7 cm³/mol. The van der Waals surface area contributed by atoms with Gasteiger partial charge in [0, 0.05) is 6.04 Å². The highest BCUT2D eigenvalue weighted by Crippen LogP contribution is 2.17. The fourth-order valence-electron chi connectivity index (χ4n) is 2.63. The maximum atomic E-state index is 11.9. The molecular formula is C12H22N2O. The lowest BCUT2D eigenvalue weighted by atomic mass is 10.1. The predicted octanol–water partition coefficient (Wildman–Crippen LogP) is 1.58. The number of carbonyl (C=O) groups is 1. The van der Waals surface area contributed by atoms with Gasteiger partial charge >= 0.3 is 0 Å². The van der Waals surface area contributed by atoms with Gasteiger partial charge in [-0.05, 0) is 32.2 Å². The number of rotatable bonds is 2. The van der Waals surface area contributed by atoms with Crippen molar-refractivity contribution >= 4 is 5.91 Å². The van der Waals surface area contributed by atoms with Gasteiger partial charge in [0.1, 0.15) is 0 Å². The van der Waals surface area contributed by atoms with E-state index in [4.69, 9.17) is 0 Å². The molecule has 1 amide bonds. The Morgan fingerprint density at radius 3 is 2.33 bits per heavy atom. The second-order valence-electron chi connectivity index (χ2n) is 4.85. The van der Waals surface area contributed by atoms with Crippen LogP contribution < -0.4 is 10.6 Å². The first-order chi connectivity index (χ1) is 7.36. The molecule has 1 saturated carbocycles. The summed E-state index contributed by atoms with van der Waals surface area (Å²) in [5, 5.41) is 6.45. The largest absolute Gasteiger partial charge is 0.352 e. The monoisotopic (exact) mass is 210 g/mol. The van der Waals surface area contributed by atoms with Crippen LogP contribution in [0.1, 0.15) is 51.4 Å². The second-order valence-corrected chi connectivity index (χ2v) is 4.85. The highest BCUT2D eigenvalue weighted by molar-refractivity contribution is 5.82. The summed E-state index contributed by atoms with van der Waals surface area (Å²) in [6, 6.07) is 0.538. The molecule has 3 heteroatoms. The SMILES string of the molecule is O=C(NC1CCCCCC1)C1CCCN1. The summed E-state index contributed by atoms with van der Waals surface area (Å²) >= 11 is 0. The zero-order chi connectivity index (χ0) is 10.5. The fourth-order valence-corrected chi connectivity index (χ4v) is 2.63. The van der Waals surface area contributed by atoms with Gasteiger partial charge in [-0.2, -0.15) is 0 Å². The molecule has 2 aliphatic rings. The van der Waals surface area contributed by atoms with Crippen molar-refractivity contribution in [2.75, 3.05) is 6.54 Å². The number of nitrogens with one attached hydrogen (secondary N) is 2. The normalized spacial score (nSPS) is 28.7. The Hall–Kier alpha value is -0.570. The summed E-state index contributed by atoms with van der Waals surface area (Å²) in [6.45, 7) is 1.00. The van der Waals surface area contributed by atoms with E-state index in [1.54, 1.807) is 0 Å². The summed E-state index contributed by atoms with van der Waals surface area (Å²) < 4.78 is 0. The van der Waals surface area contributed by atoms with Crippen molar-refractivity contribution in [3.05, 3.63) is 0 Å². The van der Waals surface area contributed by atoms with E-state index < -0.39 is 0 Å². The van der Waals surface area contributed by atoms with Crippen molar-refractivity contribution in [1.29, 1.82) is 0 Å². The van der Waals surface area contributed by atoms with E-state index in [2.05, 4.69) is 10.6 Å². The lowest BCUT2D eigenvalue weighted by Gasteiger charge is -2.19. The van der Waals surface area contributed by atoms with Crippen molar-refractivity contribution in [2.45, 2.75) is 63.5 Å². The standard InChI is InChI=1S/C12H22N2O/c15-12(11-8-5-9-13-11)14-10-6-3-1-2-4-7-10/h10-11,13H,1-9H2,(H,14,15). The van der Waals surface area contributed by atoms with Crippen LogP contribution in [0.5, 0.6) is 0 Å². The van der Waals surface area contributed by atoms with Gasteiger partial charge in [-0.25, -0.2) is 0 Å². The van der Waals surface area contributed by atoms with Crippen molar-refractivity contribution in [2.24, 2.45) is 0 Å². The van der Waals surface area contributed by atoms with Gasteiger partial charge in [-0.1, -0.05) is 25.7 Å². The molecule has 0 aromatic rings. The van der Waals surface area contributed by atoms with Gasteiger partial charge in [0.05, 0.1) is 6.04 Å². The molecule has 2 fully saturated rings. The van der Waals surface area contributed by atoms with E-state index in [9.17, 15) is 4.79 Å².